The molecule has 0 fully saturated rings. The van der Waals surface area contributed by atoms with E-state index in [9.17, 15) is 9.59 Å². The molecule has 0 saturated carbocycles. The Morgan fingerprint density at radius 3 is 2.62 bits per heavy atom. The molecule has 0 aliphatic rings. The molecule has 2 N–H and O–H groups in total. The molecule has 0 saturated heterocycles. The van der Waals surface area contributed by atoms with Crippen LogP contribution in [0.2, 0.25) is 0 Å². The Bertz CT molecular complexity index is 946. The van der Waals surface area contributed by atoms with Crippen molar-refractivity contribution >= 4 is 28.5 Å². The minimum Gasteiger partial charge on any atom is -0.352 e. The summed E-state index contributed by atoms with van der Waals surface area (Å²) in [6.45, 7) is 4.60. The number of anilines is 1. The van der Waals surface area contributed by atoms with E-state index in [0.29, 0.717) is 17.8 Å². The first kappa shape index (κ1) is 17.7. The van der Waals surface area contributed by atoms with Crippen molar-refractivity contribution in [1.29, 1.82) is 0 Å². The standard InChI is InChI=1S/C20H22N4O2/c1-3-12-21-20(26)15-8-4-5-9-16(15)23-19(25)13-24-14(2)22-17-10-6-7-11-18(17)24/h4-11H,3,12-13H2,1-2H3,(H,21,26)(H,23,25). The molecule has 0 bridgehead atoms. The number of nitrogens with one attached hydrogen (secondary N) is 2. The number of para-hydroxylation sites is 3. The van der Waals surface area contributed by atoms with Crippen LogP contribution in [0.5, 0.6) is 0 Å². The minimum absolute atomic E-state index is 0.136. The number of benzene rings is 2. The van der Waals surface area contributed by atoms with Crippen LogP contribution in [0.25, 0.3) is 11.0 Å². The van der Waals surface area contributed by atoms with Crippen molar-refractivity contribution in [2.24, 2.45) is 0 Å². The molecule has 0 unspecified atom stereocenters. The molecule has 6 heteroatoms. The first-order chi connectivity index (χ1) is 12.6. The third kappa shape index (κ3) is 3.74. The zero-order chi connectivity index (χ0) is 18.5. The van der Waals surface area contributed by atoms with Gasteiger partial charge < -0.3 is 15.2 Å². The molecule has 0 aliphatic carbocycles. The second kappa shape index (κ2) is 7.82. The normalized spacial score (nSPS) is 10.7. The van der Waals surface area contributed by atoms with Gasteiger partial charge in [-0.25, -0.2) is 4.98 Å². The van der Waals surface area contributed by atoms with Gasteiger partial charge in [-0.3, -0.25) is 9.59 Å². The summed E-state index contributed by atoms with van der Waals surface area (Å²) in [7, 11) is 0. The second-order valence-corrected chi connectivity index (χ2v) is 6.08. The van der Waals surface area contributed by atoms with E-state index in [1.54, 1.807) is 24.3 Å². The Labute approximate surface area is 152 Å². The number of carbonyl (C=O) groups excluding carboxylic acids is 2. The van der Waals surface area contributed by atoms with E-state index in [2.05, 4.69) is 15.6 Å². The Kier molecular flexibility index (Phi) is 5.31. The van der Waals surface area contributed by atoms with E-state index in [1.807, 2.05) is 42.7 Å². The third-order valence-electron chi connectivity index (χ3n) is 4.13. The van der Waals surface area contributed by atoms with Crippen molar-refractivity contribution in [3.05, 3.63) is 59.9 Å². The van der Waals surface area contributed by atoms with Crippen molar-refractivity contribution in [1.82, 2.24) is 14.9 Å². The van der Waals surface area contributed by atoms with E-state index in [-0.39, 0.29) is 18.4 Å². The van der Waals surface area contributed by atoms with Gasteiger partial charge in [-0.1, -0.05) is 31.2 Å². The first-order valence-corrected chi connectivity index (χ1v) is 8.69. The van der Waals surface area contributed by atoms with E-state index in [0.717, 1.165) is 23.3 Å². The van der Waals surface area contributed by atoms with Gasteiger partial charge in [-0.2, -0.15) is 0 Å². The lowest BCUT2D eigenvalue weighted by atomic mass is 10.1. The monoisotopic (exact) mass is 350 g/mol. The molecule has 0 radical (unpaired) electrons. The van der Waals surface area contributed by atoms with Gasteiger partial charge >= 0.3 is 0 Å². The summed E-state index contributed by atoms with van der Waals surface area (Å²) in [5.74, 6) is 0.384. The highest BCUT2D eigenvalue weighted by atomic mass is 16.2. The van der Waals surface area contributed by atoms with Crippen molar-refractivity contribution in [2.75, 3.05) is 11.9 Å². The fourth-order valence-electron chi connectivity index (χ4n) is 2.85. The molecule has 26 heavy (non-hydrogen) atoms. The maximum Gasteiger partial charge on any atom is 0.253 e. The van der Waals surface area contributed by atoms with Crippen LogP contribution in [0.1, 0.15) is 29.5 Å². The van der Waals surface area contributed by atoms with Crippen LogP contribution in [0.4, 0.5) is 5.69 Å². The zero-order valence-electron chi connectivity index (χ0n) is 15.0. The van der Waals surface area contributed by atoms with Crippen molar-refractivity contribution in [3.8, 4) is 0 Å². The van der Waals surface area contributed by atoms with E-state index in [4.69, 9.17) is 0 Å². The number of hydrogen-bond donors (Lipinski definition) is 2. The summed E-state index contributed by atoms with van der Waals surface area (Å²) in [6.07, 6.45) is 0.854. The number of imidazole rings is 1. The molecule has 0 atom stereocenters. The summed E-state index contributed by atoms with van der Waals surface area (Å²) in [5, 5.41) is 5.69. The molecule has 6 nitrogen and oxygen atoms in total. The number of amides is 2. The van der Waals surface area contributed by atoms with Crippen LogP contribution in [0.15, 0.2) is 48.5 Å². The number of rotatable bonds is 6. The lowest BCUT2D eigenvalue weighted by Crippen LogP contribution is -2.26. The number of aryl methyl sites for hydroxylation is 1. The SMILES string of the molecule is CCCNC(=O)c1ccccc1NC(=O)Cn1c(C)nc2ccccc21. The Balaban J connectivity index is 1.78. The maximum absolute atomic E-state index is 12.6. The molecule has 134 valence electrons. The van der Waals surface area contributed by atoms with Gasteiger partial charge in [0.15, 0.2) is 0 Å². The number of nitrogens with zero attached hydrogens (tertiary/aromatic N) is 2. The highest BCUT2D eigenvalue weighted by Gasteiger charge is 2.15. The molecule has 1 heterocycles. The van der Waals surface area contributed by atoms with E-state index < -0.39 is 0 Å². The molecule has 3 rings (SSSR count). The van der Waals surface area contributed by atoms with Crippen molar-refractivity contribution < 1.29 is 9.59 Å². The van der Waals surface area contributed by atoms with Crippen molar-refractivity contribution in [3.63, 3.8) is 0 Å². The number of fused-ring (bicyclic) bond motifs is 1. The van der Waals surface area contributed by atoms with Crippen LogP contribution in [-0.4, -0.2) is 27.9 Å². The van der Waals surface area contributed by atoms with Gasteiger partial charge in [0, 0.05) is 6.54 Å². The van der Waals surface area contributed by atoms with Gasteiger partial charge in [0.1, 0.15) is 12.4 Å². The van der Waals surface area contributed by atoms with E-state index >= 15 is 0 Å². The minimum atomic E-state index is -0.202. The lowest BCUT2D eigenvalue weighted by Gasteiger charge is -2.12. The van der Waals surface area contributed by atoms with Gasteiger partial charge in [-0.15, -0.1) is 0 Å². The maximum atomic E-state index is 12.6. The van der Waals surface area contributed by atoms with Crippen molar-refractivity contribution in [2.45, 2.75) is 26.8 Å². The Morgan fingerprint density at radius 2 is 1.81 bits per heavy atom. The van der Waals surface area contributed by atoms with Crippen LogP contribution < -0.4 is 10.6 Å². The molecule has 1 aromatic heterocycles. The number of hydrogen-bond acceptors (Lipinski definition) is 3. The summed E-state index contributed by atoms with van der Waals surface area (Å²) in [6, 6.07) is 14.7. The van der Waals surface area contributed by atoms with Crippen LogP contribution in [0, 0.1) is 6.92 Å². The second-order valence-electron chi connectivity index (χ2n) is 6.08. The zero-order valence-corrected chi connectivity index (χ0v) is 15.0. The summed E-state index contributed by atoms with van der Waals surface area (Å²) in [4.78, 5) is 29.3. The summed E-state index contributed by atoms with van der Waals surface area (Å²) >= 11 is 0. The molecule has 0 aliphatic heterocycles. The first-order valence-electron chi connectivity index (χ1n) is 8.69. The van der Waals surface area contributed by atoms with Gasteiger partial charge in [-0.05, 0) is 37.6 Å². The molecule has 2 amide bonds. The number of aromatic nitrogens is 2. The summed E-state index contributed by atoms with van der Waals surface area (Å²) < 4.78 is 1.87. The predicted molar refractivity (Wildman–Crippen MR) is 102 cm³/mol. The van der Waals surface area contributed by atoms with Gasteiger partial charge in [0.05, 0.1) is 22.3 Å². The summed E-state index contributed by atoms with van der Waals surface area (Å²) in [5.41, 5.74) is 2.74. The molecular formula is C20H22N4O2. The Hall–Kier alpha value is -3.15. The fourth-order valence-corrected chi connectivity index (χ4v) is 2.85. The van der Waals surface area contributed by atoms with Gasteiger partial charge in [0.25, 0.3) is 5.91 Å². The Morgan fingerprint density at radius 1 is 1.08 bits per heavy atom. The fraction of sp³-hybridized carbons (Fsp3) is 0.250. The average Bonchev–Trinajstić information content (AvgIpc) is 2.95. The smallest absolute Gasteiger partial charge is 0.253 e. The van der Waals surface area contributed by atoms with Gasteiger partial charge in [0.2, 0.25) is 5.91 Å². The quantitative estimate of drug-likeness (QED) is 0.717. The average molecular weight is 350 g/mol. The van der Waals surface area contributed by atoms with E-state index in [1.165, 1.54) is 0 Å². The molecular weight excluding hydrogens is 328 g/mol. The molecule has 0 spiro atoms. The highest BCUT2D eigenvalue weighted by molar-refractivity contribution is 6.03. The lowest BCUT2D eigenvalue weighted by molar-refractivity contribution is -0.116. The third-order valence-corrected chi connectivity index (χ3v) is 4.13. The topological polar surface area (TPSA) is 76.0 Å². The largest absolute Gasteiger partial charge is 0.352 e. The molecule has 2 aromatic carbocycles. The molecule has 3 aromatic rings. The van der Waals surface area contributed by atoms with Crippen LogP contribution in [-0.2, 0) is 11.3 Å². The predicted octanol–water partition coefficient (Wildman–Crippen LogP) is 3.12. The van der Waals surface area contributed by atoms with Crippen LogP contribution in [0.3, 0.4) is 0 Å². The number of carbonyl (C=O) groups is 2. The van der Waals surface area contributed by atoms with Crippen LogP contribution >= 0.6 is 0 Å². The highest BCUT2D eigenvalue weighted by Crippen LogP contribution is 2.17.